The Labute approximate surface area is 119 Å². The first kappa shape index (κ1) is 15.4. The fraction of sp³-hybridized carbons (Fsp3) is 0.571. The van der Waals surface area contributed by atoms with Gasteiger partial charge in [-0.15, -0.1) is 0 Å². The van der Waals surface area contributed by atoms with Gasteiger partial charge in [0.15, 0.2) is 9.84 Å². The summed E-state index contributed by atoms with van der Waals surface area (Å²) in [5, 5.41) is 3.32. The predicted octanol–water partition coefficient (Wildman–Crippen LogP) is 1.28. The van der Waals surface area contributed by atoms with Crippen molar-refractivity contribution in [1.82, 2.24) is 10.2 Å². The first-order valence-corrected chi connectivity index (χ1v) is 8.64. The first-order valence-electron chi connectivity index (χ1n) is 6.99. The molecule has 0 unspecified atom stereocenters. The van der Waals surface area contributed by atoms with Crippen LogP contribution in [0.1, 0.15) is 12.8 Å². The molecule has 4 nitrogen and oxygen atoms in total. The highest BCUT2D eigenvalue weighted by atomic mass is 32.2. The van der Waals surface area contributed by atoms with Crippen molar-refractivity contribution in [3.05, 3.63) is 30.1 Å². The van der Waals surface area contributed by atoms with Crippen LogP contribution < -0.4 is 5.32 Å². The van der Waals surface area contributed by atoms with Crippen molar-refractivity contribution in [3.8, 4) is 0 Å². The minimum absolute atomic E-state index is 0.114. The molecule has 1 fully saturated rings. The lowest BCUT2D eigenvalue weighted by Gasteiger charge is -2.19. The van der Waals surface area contributed by atoms with Gasteiger partial charge in [0.1, 0.15) is 5.82 Å². The van der Waals surface area contributed by atoms with Crippen molar-refractivity contribution in [2.75, 3.05) is 38.5 Å². The molecular weight excluding hydrogens is 279 g/mol. The lowest BCUT2D eigenvalue weighted by molar-refractivity contribution is 0.293. The second kappa shape index (κ2) is 7.15. The van der Waals surface area contributed by atoms with E-state index in [0.29, 0.717) is 6.42 Å². The number of nitrogens with zero attached hydrogens (tertiary/aromatic N) is 1. The quantitative estimate of drug-likeness (QED) is 0.833. The minimum atomic E-state index is -3.30. The highest BCUT2D eigenvalue weighted by molar-refractivity contribution is 7.91. The predicted molar refractivity (Wildman–Crippen MR) is 77.0 cm³/mol. The van der Waals surface area contributed by atoms with E-state index in [1.165, 1.54) is 24.3 Å². The molecule has 1 aromatic rings. The van der Waals surface area contributed by atoms with Crippen molar-refractivity contribution < 1.29 is 12.8 Å². The van der Waals surface area contributed by atoms with Gasteiger partial charge in [0.25, 0.3) is 0 Å². The van der Waals surface area contributed by atoms with Gasteiger partial charge in [-0.1, -0.05) is 0 Å². The van der Waals surface area contributed by atoms with Crippen LogP contribution in [-0.4, -0.2) is 51.8 Å². The van der Waals surface area contributed by atoms with Gasteiger partial charge in [-0.2, -0.15) is 0 Å². The van der Waals surface area contributed by atoms with Crippen LogP contribution in [0.4, 0.5) is 4.39 Å². The van der Waals surface area contributed by atoms with Gasteiger partial charge in [-0.05, 0) is 56.7 Å². The molecule has 2 rings (SSSR count). The molecule has 20 heavy (non-hydrogen) atoms. The van der Waals surface area contributed by atoms with Crippen molar-refractivity contribution >= 4 is 9.84 Å². The summed E-state index contributed by atoms with van der Waals surface area (Å²) in [6, 6.07) is 5.04. The van der Waals surface area contributed by atoms with E-state index >= 15 is 0 Å². The summed E-state index contributed by atoms with van der Waals surface area (Å²) in [6.45, 7) is 4.78. The normalized spacial score (nSPS) is 17.9. The third-order valence-electron chi connectivity index (χ3n) is 3.49. The van der Waals surface area contributed by atoms with E-state index in [-0.39, 0.29) is 10.6 Å². The van der Waals surface area contributed by atoms with Crippen LogP contribution in [0, 0.1) is 5.82 Å². The maximum absolute atomic E-state index is 12.8. The van der Waals surface area contributed by atoms with Crippen LogP contribution in [0.2, 0.25) is 0 Å². The maximum atomic E-state index is 12.8. The number of hydrogen-bond acceptors (Lipinski definition) is 4. The average molecular weight is 300 g/mol. The Hall–Kier alpha value is -0.980. The SMILES string of the molecule is O=S(=O)(CCCN1CCCNCC1)c1ccc(F)cc1. The molecule has 0 spiro atoms. The molecule has 1 N–H and O–H groups in total. The number of benzene rings is 1. The Bertz CT molecular complexity index is 508. The fourth-order valence-corrected chi connectivity index (χ4v) is 3.66. The van der Waals surface area contributed by atoms with Gasteiger partial charge >= 0.3 is 0 Å². The van der Waals surface area contributed by atoms with Gasteiger partial charge in [-0.3, -0.25) is 0 Å². The molecule has 0 amide bonds. The van der Waals surface area contributed by atoms with Gasteiger partial charge in [0, 0.05) is 13.1 Å². The highest BCUT2D eigenvalue weighted by Crippen LogP contribution is 2.13. The third kappa shape index (κ3) is 4.54. The van der Waals surface area contributed by atoms with Gasteiger partial charge < -0.3 is 10.2 Å². The zero-order valence-electron chi connectivity index (χ0n) is 11.5. The van der Waals surface area contributed by atoms with Gasteiger partial charge in [-0.25, -0.2) is 12.8 Å². The van der Waals surface area contributed by atoms with Gasteiger partial charge in [0.2, 0.25) is 0 Å². The molecule has 0 saturated carbocycles. The van der Waals surface area contributed by atoms with Crippen LogP contribution in [0.3, 0.4) is 0 Å². The summed E-state index contributed by atoms with van der Waals surface area (Å²) in [7, 11) is -3.30. The Balaban J connectivity index is 1.84. The summed E-state index contributed by atoms with van der Waals surface area (Å²) in [6.07, 6.45) is 1.71. The molecule has 0 aromatic heterocycles. The topological polar surface area (TPSA) is 49.4 Å². The molecule has 1 aromatic carbocycles. The first-order chi connectivity index (χ1) is 9.58. The Morgan fingerprint density at radius 1 is 1.15 bits per heavy atom. The maximum Gasteiger partial charge on any atom is 0.178 e. The molecule has 1 aliphatic rings. The van der Waals surface area contributed by atoms with Crippen LogP contribution in [-0.2, 0) is 9.84 Å². The Morgan fingerprint density at radius 2 is 1.90 bits per heavy atom. The van der Waals surface area contributed by atoms with Crippen LogP contribution in [0.25, 0.3) is 0 Å². The zero-order chi connectivity index (χ0) is 14.4. The molecular formula is C14H21FN2O2S. The number of hydrogen-bond donors (Lipinski definition) is 1. The highest BCUT2D eigenvalue weighted by Gasteiger charge is 2.15. The second-order valence-electron chi connectivity index (χ2n) is 5.07. The average Bonchev–Trinajstić information content (AvgIpc) is 2.68. The number of nitrogens with one attached hydrogen (secondary N) is 1. The number of sulfone groups is 1. The van der Waals surface area contributed by atoms with Crippen molar-refractivity contribution in [3.63, 3.8) is 0 Å². The zero-order valence-corrected chi connectivity index (χ0v) is 12.3. The molecule has 1 aliphatic heterocycles. The number of halogens is 1. The molecule has 1 saturated heterocycles. The lowest BCUT2D eigenvalue weighted by atomic mass is 10.3. The summed E-state index contributed by atoms with van der Waals surface area (Å²) < 4.78 is 37.0. The van der Waals surface area contributed by atoms with E-state index in [1.54, 1.807) is 0 Å². The summed E-state index contributed by atoms with van der Waals surface area (Å²) in [5.74, 6) is -0.302. The minimum Gasteiger partial charge on any atom is -0.315 e. The molecule has 6 heteroatoms. The Morgan fingerprint density at radius 3 is 2.65 bits per heavy atom. The molecule has 0 bridgehead atoms. The van der Waals surface area contributed by atoms with E-state index in [9.17, 15) is 12.8 Å². The van der Waals surface area contributed by atoms with Crippen molar-refractivity contribution in [2.24, 2.45) is 0 Å². The van der Waals surface area contributed by atoms with Crippen LogP contribution in [0.5, 0.6) is 0 Å². The molecule has 0 aliphatic carbocycles. The van der Waals surface area contributed by atoms with Gasteiger partial charge in [0.05, 0.1) is 10.6 Å². The van der Waals surface area contributed by atoms with E-state index in [1.807, 2.05) is 0 Å². The largest absolute Gasteiger partial charge is 0.315 e. The lowest BCUT2D eigenvalue weighted by Crippen LogP contribution is -2.30. The van der Waals surface area contributed by atoms with Crippen molar-refractivity contribution in [2.45, 2.75) is 17.7 Å². The molecule has 1 heterocycles. The van der Waals surface area contributed by atoms with E-state index in [2.05, 4.69) is 10.2 Å². The number of rotatable bonds is 5. The standard InChI is InChI=1S/C14H21FN2O2S/c15-13-3-5-14(6-4-13)20(18,19)12-2-10-17-9-1-7-16-8-11-17/h3-6,16H,1-2,7-12H2. The van der Waals surface area contributed by atoms with Crippen LogP contribution >= 0.6 is 0 Å². The van der Waals surface area contributed by atoms with E-state index < -0.39 is 15.7 Å². The second-order valence-corrected chi connectivity index (χ2v) is 7.18. The summed E-state index contributed by atoms with van der Waals surface area (Å²) in [4.78, 5) is 2.50. The summed E-state index contributed by atoms with van der Waals surface area (Å²) >= 11 is 0. The Kier molecular flexibility index (Phi) is 5.51. The van der Waals surface area contributed by atoms with Crippen molar-refractivity contribution in [1.29, 1.82) is 0 Å². The summed E-state index contributed by atoms with van der Waals surface area (Å²) in [5.41, 5.74) is 0. The smallest absolute Gasteiger partial charge is 0.178 e. The van der Waals surface area contributed by atoms with E-state index in [4.69, 9.17) is 0 Å². The monoisotopic (exact) mass is 300 g/mol. The third-order valence-corrected chi connectivity index (χ3v) is 5.31. The molecule has 0 atom stereocenters. The van der Waals surface area contributed by atoms with E-state index in [0.717, 1.165) is 39.1 Å². The van der Waals surface area contributed by atoms with Crippen LogP contribution in [0.15, 0.2) is 29.2 Å². The molecule has 112 valence electrons. The molecule has 0 radical (unpaired) electrons. The fourth-order valence-electron chi connectivity index (χ4n) is 2.36.